The lowest BCUT2D eigenvalue weighted by atomic mass is 11.1. The summed E-state index contributed by atoms with van der Waals surface area (Å²) < 4.78 is 47.2. The highest BCUT2D eigenvalue weighted by atomic mass is 32.3. The predicted molar refractivity (Wildman–Crippen MR) is 38.5 cm³/mol. The van der Waals surface area contributed by atoms with Gasteiger partial charge < -0.3 is 4.74 Å². The van der Waals surface area contributed by atoms with Gasteiger partial charge in [0.25, 0.3) is 0 Å². The van der Waals surface area contributed by atoms with E-state index in [0.29, 0.717) is 0 Å². The van der Waals surface area contributed by atoms with Crippen LogP contribution >= 0.6 is 0 Å². The second-order valence-corrected chi connectivity index (χ2v) is 1.71. The van der Waals surface area contributed by atoms with E-state index in [2.05, 4.69) is 25.1 Å². The van der Waals surface area contributed by atoms with Crippen LogP contribution in [0, 0.1) is 7.18 Å². The summed E-state index contributed by atoms with van der Waals surface area (Å²) >= 11 is 0. The van der Waals surface area contributed by atoms with Gasteiger partial charge in [-0.2, -0.15) is 8.42 Å². The molecule has 1 N–H and O–H groups in total. The maximum Gasteiger partial charge on any atom is 0.435 e. The van der Waals surface area contributed by atoms with E-state index in [1.807, 2.05) is 0 Å². The van der Waals surface area contributed by atoms with Crippen molar-refractivity contribution in [2.75, 3.05) is 0 Å². The third-order valence-electron chi connectivity index (χ3n) is 0.192. The van der Waals surface area contributed by atoms with Crippen LogP contribution in [0.4, 0.5) is 8.28 Å². The maximum atomic E-state index is 10.2. The van der Waals surface area contributed by atoms with Gasteiger partial charge in [-0.15, -0.1) is 0 Å². The number of rotatable bonds is 2. The third kappa shape index (κ3) is 532. The van der Waals surface area contributed by atoms with Crippen molar-refractivity contribution < 1.29 is 26.0 Å². The molecule has 0 aliphatic rings. The van der Waals surface area contributed by atoms with Gasteiger partial charge in [-0.3, -0.25) is 4.55 Å². The van der Waals surface area contributed by atoms with E-state index in [-0.39, 0.29) is 0 Å². The Morgan fingerprint density at radius 3 is 1.50 bits per heavy atom. The quantitative estimate of drug-likeness (QED) is 0.418. The Bertz CT molecular complexity index is 174. The van der Waals surface area contributed by atoms with Crippen molar-refractivity contribution >= 4 is 10.5 Å². The molecular formula is C5H7F2O4S. The minimum Gasteiger partial charge on any atom is -0.474 e. The van der Waals surface area contributed by atoms with Crippen molar-refractivity contribution in [3.63, 3.8) is 0 Å². The lowest BCUT2D eigenvalue weighted by molar-refractivity contribution is 0.406. The fourth-order valence-corrected chi connectivity index (χ4v) is 0.0680. The Balaban J connectivity index is -0.000000112. The molecule has 0 unspecified atom stereocenters. The minimum absolute atomic E-state index is 1.31. The summed E-state index contributed by atoms with van der Waals surface area (Å²) in [5.41, 5.74) is 0. The number of ether oxygens (including phenoxy) is 1. The second-order valence-electron chi connectivity index (χ2n) is 0.882. The molecule has 0 rings (SSSR count). The van der Waals surface area contributed by atoms with Gasteiger partial charge in [0.15, 0.2) is 0 Å². The summed E-state index contributed by atoms with van der Waals surface area (Å²) in [4.78, 5) is 0. The molecule has 0 aliphatic carbocycles. The smallest absolute Gasteiger partial charge is 0.435 e. The van der Waals surface area contributed by atoms with Crippen LogP contribution in [-0.2, 0) is 15.2 Å². The molecule has 0 aromatic heterocycles. The van der Waals surface area contributed by atoms with Gasteiger partial charge in [-0.05, 0) is 0 Å². The van der Waals surface area contributed by atoms with Crippen LogP contribution in [0.5, 0.6) is 0 Å². The van der Waals surface area contributed by atoms with Crippen LogP contribution in [0.15, 0.2) is 25.7 Å². The van der Waals surface area contributed by atoms with Crippen LogP contribution < -0.4 is 0 Å². The van der Waals surface area contributed by atoms with Crippen LogP contribution in [0.2, 0.25) is 0 Å². The third-order valence-corrected chi connectivity index (χ3v) is 0.192. The average molecular weight is 201 g/mol. The van der Waals surface area contributed by atoms with Crippen LogP contribution in [0.1, 0.15) is 0 Å². The minimum atomic E-state index is -5.17. The monoisotopic (exact) mass is 201 g/mol. The predicted octanol–water partition coefficient (Wildman–Crippen LogP) is 1.55. The molecule has 0 heterocycles. The Morgan fingerprint density at radius 2 is 1.50 bits per heavy atom. The molecule has 0 aromatic carbocycles. The largest absolute Gasteiger partial charge is 0.474 e. The fourth-order valence-electron chi connectivity index (χ4n) is 0.0680. The average Bonchev–Trinajstić information content (AvgIpc) is 1.90. The first kappa shape index (κ1) is 17.2. The van der Waals surface area contributed by atoms with E-state index >= 15 is 0 Å². The van der Waals surface area contributed by atoms with E-state index in [0.717, 1.165) is 0 Å². The molecule has 0 aromatic rings. The first-order valence-electron chi connectivity index (χ1n) is 2.15. The topological polar surface area (TPSA) is 63.6 Å². The van der Waals surface area contributed by atoms with Gasteiger partial charge >= 0.3 is 10.5 Å². The molecule has 0 saturated carbocycles. The molecule has 12 heavy (non-hydrogen) atoms. The van der Waals surface area contributed by atoms with Crippen LogP contribution in [-0.4, -0.2) is 13.0 Å². The van der Waals surface area contributed by atoms with Gasteiger partial charge in [0.1, 0.15) is 0 Å². The molecule has 3 radical (unpaired) electrons. The fraction of sp³-hybridized carbons (Fsp3) is 0. The lowest BCUT2D eigenvalue weighted by Crippen LogP contribution is -1.80. The normalized spacial score (nSPS) is 7.67. The van der Waals surface area contributed by atoms with Gasteiger partial charge in [-0.25, -0.2) is 4.39 Å². The molecular weight excluding hydrogens is 194 g/mol. The van der Waals surface area contributed by atoms with Gasteiger partial charge in [0.2, 0.25) is 7.18 Å². The molecule has 0 fully saturated rings. The van der Waals surface area contributed by atoms with Gasteiger partial charge in [-0.1, -0.05) is 17.0 Å². The van der Waals surface area contributed by atoms with E-state index in [4.69, 9.17) is 17.4 Å². The molecule has 0 spiro atoms. The van der Waals surface area contributed by atoms with Crippen molar-refractivity contribution in [3.05, 3.63) is 32.9 Å². The second kappa shape index (κ2) is 12.7. The Kier molecular flexibility index (Phi) is 18.2. The number of hydrogen-bond acceptors (Lipinski definition) is 3. The van der Waals surface area contributed by atoms with Crippen molar-refractivity contribution in [1.82, 2.24) is 0 Å². The van der Waals surface area contributed by atoms with E-state index in [9.17, 15) is 3.89 Å². The summed E-state index contributed by atoms with van der Waals surface area (Å²) in [5, 5.41) is 0. The van der Waals surface area contributed by atoms with Crippen molar-refractivity contribution in [2.24, 2.45) is 0 Å². The molecule has 0 amide bonds. The molecule has 71 valence electrons. The van der Waals surface area contributed by atoms with Crippen molar-refractivity contribution in [2.45, 2.75) is 0 Å². The summed E-state index contributed by atoms with van der Waals surface area (Å²) in [7, 11) is -0.917. The molecule has 0 atom stereocenters. The zero-order valence-electron chi connectivity index (χ0n) is 5.91. The Hall–Kier alpha value is -0.950. The van der Waals surface area contributed by atoms with Gasteiger partial charge in [0, 0.05) is 0 Å². The van der Waals surface area contributed by atoms with E-state index < -0.39 is 10.5 Å². The van der Waals surface area contributed by atoms with Crippen LogP contribution in [0.3, 0.4) is 0 Å². The van der Waals surface area contributed by atoms with Crippen molar-refractivity contribution in [1.29, 1.82) is 0 Å². The lowest BCUT2D eigenvalue weighted by Gasteiger charge is -1.76. The molecule has 7 heteroatoms. The maximum absolute atomic E-state index is 10.2. The van der Waals surface area contributed by atoms with E-state index in [1.165, 1.54) is 12.5 Å². The Morgan fingerprint density at radius 1 is 1.33 bits per heavy atom. The standard InChI is InChI=1S/C4H6O.CF.FHO3S/c1-3-5-4-2;1-2;1-5(2,3)4/h3-4H,1-2H2;;(H,2,3,4). The Labute approximate surface area is 70.2 Å². The summed E-state index contributed by atoms with van der Waals surface area (Å²) in [5.74, 6) is 0. The SMILES string of the molecule is C=COC=C.O=S(=O)(O)F.[C]F. The van der Waals surface area contributed by atoms with Crippen molar-refractivity contribution in [3.8, 4) is 0 Å². The zero-order valence-corrected chi connectivity index (χ0v) is 6.72. The first-order valence-corrected chi connectivity index (χ1v) is 3.49. The highest BCUT2D eigenvalue weighted by Gasteiger charge is 1.89. The molecule has 0 saturated heterocycles. The summed E-state index contributed by atoms with van der Waals surface area (Å²) in [6, 6.07) is 0. The molecule has 0 aliphatic heterocycles. The summed E-state index contributed by atoms with van der Waals surface area (Å²) in [6.07, 6.45) is 2.62. The molecule has 0 bridgehead atoms. The number of hydrogen-bond donors (Lipinski definition) is 1. The highest BCUT2D eigenvalue weighted by Crippen LogP contribution is 1.74. The highest BCUT2D eigenvalue weighted by molar-refractivity contribution is 7.80. The first-order chi connectivity index (χ1) is 5.41. The van der Waals surface area contributed by atoms with E-state index in [1.54, 1.807) is 0 Å². The van der Waals surface area contributed by atoms with Gasteiger partial charge in [0.05, 0.1) is 12.5 Å². The summed E-state index contributed by atoms with van der Waals surface area (Å²) in [6.45, 7) is 6.51. The number of halogens is 2. The van der Waals surface area contributed by atoms with Crippen LogP contribution in [0.25, 0.3) is 0 Å². The molecule has 4 nitrogen and oxygen atoms in total. The zero-order chi connectivity index (χ0) is 10.6.